The van der Waals surface area contributed by atoms with E-state index in [0.29, 0.717) is 38.9 Å². The number of piperidine rings is 1. The zero-order valence-corrected chi connectivity index (χ0v) is 17.1. The second-order valence-electron chi connectivity index (χ2n) is 6.77. The van der Waals surface area contributed by atoms with Crippen molar-refractivity contribution in [3.05, 3.63) is 35.9 Å². The van der Waals surface area contributed by atoms with Crippen LogP contribution in [0.5, 0.6) is 0 Å². The van der Waals surface area contributed by atoms with Crippen LogP contribution in [0, 0.1) is 0 Å². The highest BCUT2D eigenvalue weighted by atomic mass is 35.5. The molecule has 3 N–H and O–H groups in total. The molecule has 1 heterocycles. The molecule has 1 aromatic rings. The largest absolute Gasteiger partial charge is 0.355 e. The van der Waals surface area contributed by atoms with E-state index in [1.54, 1.807) is 6.92 Å². The molecule has 148 valence electrons. The number of benzene rings is 1. The van der Waals surface area contributed by atoms with Crippen molar-refractivity contribution in [2.75, 3.05) is 25.4 Å². The van der Waals surface area contributed by atoms with Gasteiger partial charge in [0.05, 0.1) is 11.2 Å². The Kier molecular flexibility index (Phi) is 8.53. The summed E-state index contributed by atoms with van der Waals surface area (Å²) >= 11 is 0. The van der Waals surface area contributed by atoms with Gasteiger partial charge in [0.1, 0.15) is 0 Å². The van der Waals surface area contributed by atoms with Crippen molar-refractivity contribution in [2.45, 2.75) is 44.6 Å². The molecule has 1 aromatic carbocycles. The average molecular weight is 404 g/mol. The van der Waals surface area contributed by atoms with Gasteiger partial charge in [-0.2, -0.15) is 0 Å². The van der Waals surface area contributed by atoms with Gasteiger partial charge < -0.3 is 11.1 Å². The first-order valence-electron chi connectivity index (χ1n) is 8.89. The molecular weight excluding hydrogens is 374 g/mol. The molecule has 1 aliphatic rings. The summed E-state index contributed by atoms with van der Waals surface area (Å²) in [4.78, 5) is 13.0. The minimum Gasteiger partial charge on any atom is -0.355 e. The third kappa shape index (κ3) is 5.19. The van der Waals surface area contributed by atoms with Crippen LogP contribution in [-0.2, 0) is 20.2 Å². The lowest BCUT2D eigenvalue weighted by atomic mass is 9.72. The number of carbonyl (C=O) groups excluding carboxylic acids is 1. The molecule has 0 aromatic heterocycles. The molecule has 1 saturated heterocycles. The second kappa shape index (κ2) is 9.69. The maximum Gasteiger partial charge on any atom is 0.230 e. The molecule has 0 radical (unpaired) electrons. The van der Waals surface area contributed by atoms with E-state index in [9.17, 15) is 13.2 Å². The Morgan fingerprint density at radius 2 is 1.85 bits per heavy atom. The number of hydrogen-bond acceptors (Lipinski definition) is 4. The zero-order valence-electron chi connectivity index (χ0n) is 15.5. The van der Waals surface area contributed by atoms with E-state index in [1.165, 1.54) is 4.31 Å². The summed E-state index contributed by atoms with van der Waals surface area (Å²) in [5, 5.41) is 3.00. The van der Waals surface area contributed by atoms with Gasteiger partial charge in [0.25, 0.3) is 0 Å². The van der Waals surface area contributed by atoms with E-state index in [0.717, 1.165) is 5.56 Å². The summed E-state index contributed by atoms with van der Waals surface area (Å²) in [6.07, 6.45) is 1.69. The van der Waals surface area contributed by atoms with Crippen molar-refractivity contribution in [1.82, 2.24) is 9.62 Å². The monoisotopic (exact) mass is 403 g/mol. The van der Waals surface area contributed by atoms with Crippen LogP contribution in [0.15, 0.2) is 30.3 Å². The topological polar surface area (TPSA) is 92.5 Å². The quantitative estimate of drug-likeness (QED) is 0.723. The predicted octanol–water partition coefficient (Wildman–Crippen LogP) is 1.65. The first-order chi connectivity index (χ1) is 11.8. The number of nitrogens with two attached hydrogens (primary N) is 1. The van der Waals surface area contributed by atoms with Gasteiger partial charge in [-0.3, -0.25) is 4.79 Å². The summed E-state index contributed by atoms with van der Waals surface area (Å²) in [6.45, 7) is 4.82. The van der Waals surface area contributed by atoms with Crippen molar-refractivity contribution in [2.24, 2.45) is 5.73 Å². The fourth-order valence-corrected chi connectivity index (χ4v) is 4.42. The number of halogens is 1. The molecule has 26 heavy (non-hydrogen) atoms. The zero-order chi connectivity index (χ0) is 18.5. The minimum atomic E-state index is -3.22. The van der Waals surface area contributed by atoms with Gasteiger partial charge in [-0.05, 0) is 38.7 Å². The Morgan fingerprint density at radius 1 is 1.27 bits per heavy atom. The molecule has 1 fully saturated rings. The molecule has 1 aliphatic heterocycles. The molecule has 2 rings (SSSR count). The number of rotatable bonds is 7. The maximum atomic E-state index is 13.0. The molecule has 1 atom stereocenters. The first kappa shape index (κ1) is 22.9. The van der Waals surface area contributed by atoms with Crippen LogP contribution < -0.4 is 11.1 Å². The van der Waals surface area contributed by atoms with E-state index in [1.807, 2.05) is 37.3 Å². The van der Waals surface area contributed by atoms with Crippen molar-refractivity contribution >= 4 is 28.3 Å². The Balaban J connectivity index is 0.00000338. The van der Waals surface area contributed by atoms with E-state index >= 15 is 0 Å². The smallest absolute Gasteiger partial charge is 0.230 e. The minimum absolute atomic E-state index is 0. The van der Waals surface area contributed by atoms with Crippen molar-refractivity contribution in [3.8, 4) is 0 Å². The molecular formula is C18H30ClN3O3S. The van der Waals surface area contributed by atoms with Crippen LogP contribution in [0.4, 0.5) is 0 Å². The van der Waals surface area contributed by atoms with Gasteiger partial charge in [0, 0.05) is 25.7 Å². The number of sulfonamides is 1. The lowest BCUT2D eigenvalue weighted by Gasteiger charge is -2.40. The van der Waals surface area contributed by atoms with E-state index in [2.05, 4.69) is 5.32 Å². The Hall–Kier alpha value is -1.15. The Labute approximate surface area is 163 Å². The van der Waals surface area contributed by atoms with Crippen LogP contribution in [0.25, 0.3) is 0 Å². The summed E-state index contributed by atoms with van der Waals surface area (Å²) in [7, 11) is -3.22. The third-order valence-corrected chi connectivity index (χ3v) is 6.86. The number of carbonyl (C=O) groups is 1. The fraction of sp³-hybridized carbons (Fsp3) is 0.611. The molecule has 0 spiro atoms. The Bertz CT molecular complexity index is 672. The molecule has 1 amide bonds. The number of nitrogens with one attached hydrogen (secondary N) is 1. The summed E-state index contributed by atoms with van der Waals surface area (Å²) in [6, 6.07) is 9.69. The molecule has 0 saturated carbocycles. The van der Waals surface area contributed by atoms with Crippen molar-refractivity contribution in [1.29, 1.82) is 0 Å². The molecule has 1 unspecified atom stereocenters. The van der Waals surface area contributed by atoms with Gasteiger partial charge in [0.15, 0.2) is 0 Å². The van der Waals surface area contributed by atoms with Crippen LogP contribution in [0.3, 0.4) is 0 Å². The summed E-state index contributed by atoms with van der Waals surface area (Å²) in [5.41, 5.74) is 6.02. The number of amides is 1. The molecule has 0 bridgehead atoms. The van der Waals surface area contributed by atoms with Gasteiger partial charge in [-0.1, -0.05) is 30.3 Å². The second-order valence-corrected chi connectivity index (χ2v) is 9.03. The molecule has 6 nitrogen and oxygen atoms in total. The van der Waals surface area contributed by atoms with E-state index in [4.69, 9.17) is 5.73 Å². The van der Waals surface area contributed by atoms with Crippen LogP contribution in [-0.4, -0.2) is 50.1 Å². The van der Waals surface area contributed by atoms with Crippen molar-refractivity contribution < 1.29 is 13.2 Å². The number of hydrogen-bond donors (Lipinski definition) is 2. The normalized spacial score (nSPS) is 18.6. The standard InChI is InChI=1S/C18H29N3O3S.ClH/c1-3-25(23,24)21-13-10-18(11-14-21,16-7-5-4-6-8-16)17(22)20-12-9-15(2)19;/h4-8,15H,3,9-14,19H2,1-2H3,(H,20,22);1H. The SMILES string of the molecule is CCS(=O)(=O)N1CCC(C(=O)NCCC(C)N)(c2ccccc2)CC1.Cl. The van der Waals surface area contributed by atoms with Gasteiger partial charge >= 0.3 is 0 Å². The highest BCUT2D eigenvalue weighted by molar-refractivity contribution is 7.89. The van der Waals surface area contributed by atoms with Gasteiger partial charge in [0.2, 0.25) is 15.9 Å². The lowest BCUT2D eigenvalue weighted by Crippen LogP contribution is -2.53. The first-order valence-corrected chi connectivity index (χ1v) is 10.5. The summed E-state index contributed by atoms with van der Waals surface area (Å²) in [5.74, 6) is 0.0549. The van der Waals surface area contributed by atoms with Gasteiger partial charge in [-0.25, -0.2) is 12.7 Å². The average Bonchev–Trinajstić information content (AvgIpc) is 2.62. The van der Waals surface area contributed by atoms with Crippen LogP contribution in [0.2, 0.25) is 0 Å². The number of nitrogens with zero attached hydrogens (tertiary/aromatic N) is 1. The lowest BCUT2D eigenvalue weighted by molar-refractivity contribution is -0.128. The molecule has 8 heteroatoms. The highest BCUT2D eigenvalue weighted by Crippen LogP contribution is 2.36. The predicted molar refractivity (Wildman–Crippen MR) is 107 cm³/mol. The highest BCUT2D eigenvalue weighted by Gasteiger charge is 2.44. The van der Waals surface area contributed by atoms with Crippen LogP contribution in [0.1, 0.15) is 38.7 Å². The molecule has 0 aliphatic carbocycles. The van der Waals surface area contributed by atoms with Crippen LogP contribution >= 0.6 is 12.4 Å². The Morgan fingerprint density at radius 3 is 2.35 bits per heavy atom. The van der Waals surface area contributed by atoms with E-state index < -0.39 is 15.4 Å². The van der Waals surface area contributed by atoms with Crippen molar-refractivity contribution in [3.63, 3.8) is 0 Å². The summed E-state index contributed by atoms with van der Waals surface area (Å²) < 4.78 is 25.8. The van der Waals surface area contributed by atoms with E-state index in [-0.39, 0.29) is 30.1 Å². The van der Waals surface area contributed by atoms with Gasteiger partial charge in [-0.15, -0.1) is 12.4 Å². The fourth-order valence-electron chi connectivity index (χ4n) is 3.32. The third-order valence-electron chi connectivity index (χ3n) is 4.98. The maximum absolute atomic E-state index is 13.0.